The molecule has 0 saturated heterocycles. The molecule has 8 heteroatoms. The molecule has 0 bridgehead atoms. The van der Waals surface area contributed by atoms with E-state index in [0.29, 0.717) is 34.5 Å². The van der Waals surface area contributed by atoms with Crippen molar-refractivity contribution < 1.29 is 23.5 Å². The Morgan fingerprint density at radius 2 is 1.76 bits per heavy atom. The number of nitrogens with zero attached hydrogens (tertiary/aromatic N) is 2. The van der Waals surface area contributed by atoms with Crippen molar-refractivity contribution in [3.8, 4) is 28.6 Å². The zero-order valence-corrected chi connectivity index (χ0v) is 19.5. The van der Waals surface area contributed by atoms with Gasteiger partial charge in [-0.2, -0.15) is 4.98 Å². The van der Waals surface area contributed by atoms with Crippen molar-refractivity contribution in [2.24, 2.45) is 5.92 Å². The molecule has 8 nitrogen and oxygen atoms in total. The highest BCUT2D eigenvalue weighted by Crippen LogP contribution is 2.40. The van der Waals surface area contributed by atoms with Gasteiger partial charge in [0.2, 0.25) is 23.4 Å². The number of benzene rings is 2. The van der Waals surface area contributed by atoms with Gasteiger partial charge in [0, 0.05) is 11.6 Å². The van der Waals surface area contributed by atoms with Gasteiger partial charge in [0.1, 0.15) is 6.04 Å². The van der Waals surface area contributed by atoms with Crippen LogP contribution in [0.5, 0.6) is 17.2 Å². The van der Waals surface area contributed by atoms with E-state index in [9.17, 15) is 4.79 Å². The van der Waals surface area contributed by atoms with Crippen LogP contribution >= 0.6 is 0 Å². The fraction of sp³-hybridized carbons (Fsp3) is 0.320. The average molecular weight is 452 g/mol. The molecular weight excluding hydrogens is 422 g/mol. The van der Waals surface area contributed by atoms with Crippen molar-refractivity contribution in [2.75, 3.05) is 21.3 Å². The first kappa shape index (κ1) is 23.8. The van der Waals surface area contributed by atoms with Gasteiger partial charge in [0.15, 0.2) is 11.5 Å². The number of amides is 1. The highest BCUT2D eigenvalue weighted by atomic mass is 16.5. The zero-order chi connectivity index (χ0) is 23.8. The molecule has 1 N–H and O–H groups in total. The van der Waals surface area contributed by atoms with Crippen molar-refractivity contribution in [2.45, 2.75) is 26.3 Å². The minimum absolute atomic E-state index is 0.0762. The van der Waals surface area contributed by atoms with E-state index in [-0.39, 0.29) is 11.8 Å². The molecule has 3 rings (SSSR count). The molecule has 0 spiro atoms. The summed E-state index contributed by atoms with van der Waals surface area (Å²) in [5, 5.41) is 7.11. The molecule has 0 saturated carbocycles. The summed E-state index contributed by atoms with van der Waals surface area (Å²) in [4.78, 5) is 17.2. The van der Waals surface area contributed by atoms with Gasteiger partial charge in [-0.05, 0) is 29.7 Å². The van der Waals surface area contributed by atoms with Gasteiger partial charge in [-0.3, -0.25) is 4.79 Å². The van der Waals surface area contributed by atoms with Crippen molar-refractivity contribution in [1.82, 2.24) is 15.5 Å². The fourth-order valence-corrected chi connectivity index (χ4v) is 3.31. The van der Waals surface area contributed by atoms with Crippen LogP contribution in [0.25, 0.3) is 17.5 Å². The third-order valence-corrected chi connectivity index (χ3v) is 5.37. The van der Waals surface area contributed by atoms with Gasteiger partial charge >= 0.3 is 0 Å². The molecule has 1 aromatic heterocycles. The molecule has 2 unspecified atom stereocenters. The molecule has 174 valence electrons. The lowest BCUT2D eigenvalue weighted by atomic mass is 9.99. The van der Waals surface area contributed by atoms with Crippen molar-refractivity contribution in [3.63, 3.8) is 0 Å². The average Bonchev–Trinajstić information content (AvgIpc) is 3.35. The monoisotopic (exact) mass is 451 g/mol. The minimum atomic E-state index is -0.439. The van der Waals surface area contributed by atoms with Crippen LogP contribution in [0.3, 0.4) is 0 Å². The number of carbonyl (C=O) groups excluding carboxylic acids is 1. The van der Waals surface area contributed by atoms with Crippen LogP contribution in [0.15, 0.2) is 53.1 Å². The first-order valence-electron chi connectivity index (χ1n) is 10.7. The second kappa shape index (κ2) is 11.2. The predicted molar refractivity (Wildman–Crippen MR) is 125 cm³/mol. The third kappa shape index (κ3) is 5.71. The van der Waals surface area contributed by atoms with Gasteiger partial charge < -0.3 is 24.1 Å². The smallest absolute Gasteiger partial charge is 0.249 e. The fourth-order valence-electron chi connectivity index (χ4n) is 3.31. The Hall–Kier alpha value is -3.81. The second-order valence-electron chi connectivity index (χ2n) is 7.49. The maximum Gasteiger partial charge on any atom is 0.249 e. The number of ether oxygens (including phenoxy) is 3. The van der Waals surface area contributed by atoms with Gasteiger partial charge in [-0.25, -0.2) is 0 Å². The van der Waals surface area contributed by atoms with Crippen LogP contribution in [0.1, 0.15) is 37.8 Å². The number of nitrogens with one attached hydrogen (secondary N) is 1. The van der Waals surface area contributed by atoms with Crippen LogP contribution in [-0.4, -0.2) is 37.4 Å². The number of methoxy groups -OCH3 is 3. The van der Waals surface area contributed by atoms with E-state index in [2.05, 4.69) is 15.5 Å². The second-order valence-corrected chi connectivity index (χ2v) is 7.49. The molecule has 33 heavy (non-hydrogen) atoms. The molecule has 0 aliphatic rings. The zero-order valence-electron chi connectivity index (χ0n) is 19.5. The molecular formula is C25H29N3O5. The quantitative estimate of drug-likeness (QED) is 0.447. The van der Waals surface area contributed by atoms with Crippen LogP contribution < -0.4 is 19.5 Å². The Balaban J connectivity index is 1.86. The lowest BCUT2D eigenvalue weighted by molar-refractivity contribution is -0.117. The highest BCUT2D eigenvalue weighted by Gasteiger charge is 2.26. The van der Waals surface area contributed by atoms with Crippen molar-refractivity contribution >= 4 is 12.0 Å². The van der Waals surface area contributed by atoms with Gasteiger partial charge in [0.25, 0.3) is 0 Å². The third-order valence-electron chi connectivity index (χ3n) is 5.37. The van der Waals surface area contributed by atoms with E-state index in [1.807, 2.05) is 44.2 Å². The largest absolute Gasteiger partial charge is 0.493 e. The van der Waals surface area contributed by atoms with E-state index in [4.69, 9.17) is 18.7 Å². The van der Waals surface area contributed by atoms with Crippen molar-refractivity contribution in [1.29, 1.82) is 0 Å². The van der Waals surface area contributed by atoms with E-state index < -0.39 is 6.04 Å². The maximum atomic E-state index is 12.6. The summed E-state index contributed by atoms with van der Waals surface area (Å²) in [6.07, 6.45) is 4.08. The van der Waals surface area contributed by atoms with Crippen LogP contribution in [0.4, 0.5) is 0 Å². The number of hydrogen-bond donors (Lipinski definition) is 1. The Bertz CT molecular complexity index is 1070. The van der Waals surface area contributed by atoms with Crippen LogP contribution in [0, 0.1) is 5.92 Å². The van der Waals surface area contributed by atoms with Gasteiger partial charge in [-0.15, -0.1) is 0 Å². The molecule has 1 heterocycles. The molecule has 0 fully saturated rings. The molecule has 0 aliphatic carbocycles. The van der Waals surface area contributed by atoms with E-state index in [1.165, 1.54) is 13.2 Å². The standard InChI is InChI=1S/C25H29N3O5/c1-6-16(2)22(26-21(29)13-12-17-10-8-7-9-11-17)25-27-24(28-33-25)18-14-19(30-3)23(32-5)20(15-18)31-4/h7-16,22H,6H2,1-5H3,(H,26,29)/b13-12+. The maximum absolute atomic E-state index is 12.6. The summed E-state index contributed by atoms with van der Waals surface area (Å²) < 4.78 is 21.7. The molecule has 2 atom stereocenters. The van der Waals surface area contributed by atoms with E-state index >= 15 is 0 Å². The summed E-state index contributed by atoms with van der Waals surface area (Å²) in [6.45, 7) is 4.06. The summed E-state index contributed by atoms with van der Waals surface area (Å²) in [7, 11) is 4.62. The van der Waals surface area contributed by atoms with Crippen molar-refractivity contribution in [3.05, 3.63) is 60.0 Å². The molecule has 0 radical (unpaired) electrons. The minimum Gasteiger partial charge on any atom is -0.493 e. The van der Waals surface area contributed by atoms with Gasteiger partial charge in [0.05, 0.1) is 21.3 Å². The molecule has 3 aromatic rings. The Morgan fingerprint density at radius 1 is 1.09 bits per heavy atom. The Morgan fingerprint density at radius 3 is 2.33 bits per heavy atom. The lowest BCUT2D eigenvalue weighted by Crippen LogP contribution is -2.31. The highest BCUT2D eigenvalue weighted by molar-refractivity contribution is 5.91. The van der Waals surface area contributed by atoms with Crippen LogP contribution in [-0.2, 0) is 4.79 Å². The predicted octanol–water partition coefficient (Wildman–Crippen LogP) is 4.68. The van der Waals surface area contributed by atoms with E-state index in [1.54, 1.807) is 32.4 Å². The SMILES string of the molecule is CCC(C)C(NC(=O)/C=C/c1ccccc1)c1nc(-c2cc(OC)c(OC)c(OC)c2)no1. The Kier molecular flexibility index (Phi) is 8.07. The first-order chi connectivity index (χ1) is 16.0. The number of hydrogen-bond acceptors (Lipinski definition) is 7. The summed E-state index contributed by atoms with van der Waals surface area (Å²) in [6, 6.07) is 12.7. The van der Waals surface area contributed by atoms with E-state index in [0.717, 1.165) is 12.0 Å². The number of carbonyl (C=O) groups is 1. The topological polar surface area (TPSA) is 95.7 Å². The molecule has 1 amide bonds. The lowest BCUT2D eigenvalue weighted by Gasteiger charge is -2.19. The first-order valence-corrected chi connectivity index (χ1v) is 10.7. The number of rotatable bonds is 10. The summed E-state index contributed by atoms with van der Waals surface area (Å²) >= 11 is 0. The normalized spacial score (nSPS) is 12.9. The molecule has 2 aromatic carbocycles. The summed E-state index contributed by atoms with van der Waals surface area (Å²) in [5.41, 5.74) is 1.58. The van der Waals surface area contributed by atoms with Crippen LogP contribution in [0.2, 0.25) is 0 Å². The summed E-state index contributed by atoms with van der Waals surface area (Å²) in [5.74, 6) is 1.96. The van der Waals surface area contributed by atoms with Gasteiger partial charge in [-0.1, -0.05) is 55.8 Å². The number of aromatic nitrogens is 2. The Labute approximate surface area is 193 Å². The molecule has 0 aliphatic heterocycles.